The average Bonchev–Trinajstić information content (AvgIpc) is 3.34. The van der Waals surface area contributed by atoms with Gasteiger partial charge in [0.2, 0.25) is 5.88 Å². The molecule has 0 spiro atoms. The summed E-state index contributed by atoms with van der Waals surface area (Å²) in [5, 5.41) is 4.69. The summed E-state index contributed by atoms with van der Waals surface area (Å²) in [4.78, 5) is 13.1. The molecule has 22 heavy (non-hydrogen) atoms. The highest BCUT2D eigenvalue weighted by Crippen LogP contribution is 2.40. The second-order valence-corrected chi connectivity index (χ2v) is 5.25. The van der Waals surface area contributed by atoms with Gasteiger partial charge in [-0.25, -0.2) is 14.6 Å². The molecule has 3 heterocycles. The quantitative estimate of drug-likeness (QED) is 0.739. The number of pyridine rings is 2. The van der Waals surface area contributed by atoms with E-state index in [1.807, 2.05) is 28.9 Å². The van der Waals surface area contributed by atoms with Crippen LogP contribution >= 0.6 is 0 Å². The third-order valence-corrected chi connectivity index (χ3v) is 3.68. The van der Waals surface area contributed by atoms with Crippen molar-refractivity contribution in [3.8, 4) is 23.0 Å². The summed E-state index contributed by atoms with van der Waals surface area (Å²) in [7, 11) is 1.61. The Morgan fingerprint density at radius 3 is 2.68 bits per heavy atom. The zero-order valence-electron chi connectivity index (χ0n) is 12.2. The van der Waals surface area contributed by atoms with Crippen LogP contribution in [0.5, 0.6) is 5.88 Å². The highest BCUT2D eigenvalue weighted by Gasteiger charge is 2.30. The summed E-state index contributed by atoms with van der Waals surface area (Å²) in [6, 6.07) is 7.65. The smallest absolute Gasteiger partial charge is 0.224 e. The molecule has 3 aromatic rings. The lowest BCUT2D eigenvalue weighted by Gasteiger charge is -2.08. The Morgan fingerprint density at radius 1 is 1.14 bits per heavy atom. The van der Waals surface area contributed by atoms with Gasteiger partial charge in [0.05, 0.1) is 18.4 Å². The van der Waals surface area contributed by atoms with Gasteiger partial charge in [0.25, 0.3) is 0 Å². The van der Waals surface area contributed by atoms with Crippen LogP contribution in [0.4, 0.5) is 0 Å². The van der Waals surface area contributed by atoms with E-state index in [-0.39, 0.29) is 0 Å². The van der Waals surface area contributed by atoms with Gasteiger partial charge in [-0.05, 0) is 37.1 Å². The van der Waals surface area contributed by atoms with Gasteiger partial charge in [0.1, 0.15) is 0 Å². The van der Waals surface area contributed by atoms with Crippen molar-refractivity contribution in [3.63, 3.8) is 0 Å². The van der Waals surface area contributed by atoms with E-state index >= 15 is 0 Å². The molecular weight excluding hydrogens is 278 g/mol. The molecular formula is C16H15N5O. The number of hydrogen-bond acceptors (Lipinski definition) is 5. The minimum atomic E-state index is 0.476. The molecule has 1 aliphatic rings. The fourth-order valence-electron chi connectivity index (χ4n) is 2.41. The van der Waals surface area contributed by atoms with E-state index in [1.54, 1.807) is 25.7 Å². The molecule has 0 amide bonds. The predicted octanol–water partition coefficient (Wildman–Crippen LogP) is 2.61. The molecule has 1 fully saturated rings. The molecule has 1 aliphatic carbocycles. The molecule has 1 saturated carbocycles. The van der Waals surface area contributed by atoms with E-state index in [9.17, 15) is 0 Å². The molecule has 0 unspecified atom stereocenters. The molecule has 110 valence electrons. The van der Waals surface area contributed by atoms with Crippen molar-refractivity contribution in [3.05, 3.63) is 48.7 Å². The molecule has 6 nitrogen and oxygen atoms in total. The van der Waals surface area contributed by atoms with Crippen LogP contribution in [0, 0.1) is 0 Å². The lowest BCUT2D eigenvalue weighted by atomic mass is 10.2. The van der Waals surface area contributed by atoms with Crippen molar-refractivity contribution in [1.82, 2.24) is 24.7 Å². The zero-order chi connectivity index (χ0) is 14.9. The first-order valence-electron chi connectivity index (χ1n) is 7.23. The normalized spacial score (nSPS) is 14.0. The molecule has 0 aromatic carbocycles. The fourth-order valence-corrected chi connectivity index (χ4v) is 2.41. The number of ether oxygens (including phenoxy) is 1. The first-order valence-corrected chi connectivity index (χ1v) is 7.23. The fraction of sp³-hybridized carbons (Fsp3) is 0.250. The van der Waals surface area contributed by atoms with Crippen LogP contribution in [-0.2, 0) is 0 Å². The molecule has 0 atom stereocenters. The van der Waals surface area contributed by atoms with Gasteiger partial charge in [-0.1, -0.05) is 0 Å². The van der Waals surface area contributed by atoms with Gasteiger partial charge < -0.3 is 4.74 Å². The van der Waals surface area contributed by atoms with Crippen molar-refractivity contribution in [2.24, 2.45) is 0 Å². The minimum Gasteiger partial charge on any atom is -0.480 e. The van der Waals surface area contributed by atoms with Crippen LogP contribution in [-0.4, -0.2) is 31.8 Å². The van der Waals surface area contributed by atoms with Crippen molar-refractivity contribution >= 4 is 0 Å². The SMILES string of the molecule is COc1ncccc1-c1nc(C2CC2)nn1-c1ccncc1. The van der Waals surface area contributed by atoms with E-state index in [4.69, 9.17) is 9.72 Å². The molecule has 0 aliphatic heterocycles. The second kappa shape index (κ2) is 5.22. The monoisotopic (exact) mass is 293 g/mol. The summed E-state index contributed by atoms with van der Waals surface area (Å²) >= 11 is 0. The Bertz CT molecular complexity index is 795. The molecule has 0 saturated heterocycles. The number of hydrogen-bond donors (Lipinski definition) is 0. The van der Waals surface area contributed by atoms with Crippen molar-refractivity contribution < 1.29 is 4.74 Å². The average molecular weight is 293 g/mol. The number of aromatic nitrogens is 5. The molecule has 6 heteroatoms. The second-order valence-electron chi connectivity index (χ2n) is 5.25. The predicted molar refractivity (Wildman–Crippen MR) is 80.9 cm³/mol. The van der Waals surface area contributed by atoms with E-state index in [0.29, 0.717) is 11.8 Å². The Kier molecular flexibility index (Phi) is 3.07. The third-order valence-electron chi connectivity index (χ3n) is 3.68. The standard InChI is InChI=1S/C16H15N5O/c1-22-16-13(3-2-8-18-16)15-19-14(11-4-5-11)20-21(15)12-6-9-17-10-7-12/h2-3,6-11H,4-5H2,1H3. The maximum Gasteiger partial charge on any atom is 0.224 e. The van der Waals surface area contributed by atoms with Gasteiger partial charge in [-0.2, -0.15) is 5.10 Å². The summed E-state index contributed by atoms with van der Waals surface area (Å²) < 4.78 is 7.21. The lowest BCUT2D eigenvalue weighted by Crippen LogP contribution is -2.01. The molecule has 4 rings (SSSR count). The first-order chi connectivity index (χ1) is 10.9. The highest BCUT2D eigenvalue weighted by atomic mass is 16.5. The summed E-state index contributed by atoms with van der Waals surface area (Å²) in [5.41, 5.74) is 1.76. The van der Waals surface area contributed by atoms with Crippen molar-refractivity contribution in [2.75, 3.05) is 7.11 Å². The van der Waals surface area contributed by atoms with Crippen LogP contribution in [0.3, 0.4) is 0 Å². The van der Waals surface area contributed by atoms with E-state index < -0.39 is 0 Å². The van der Waals surface area contributed by atoms with Gasteiger partial charge in [0, 0.05) is 24.5 Å². The summed E-state index contributed by atoms with van der Waals surface area (Å²) in [6.45, 7) is 0. The third kappa shape index (κ3) is 2.22. The molecule has 3 aromatic heterocycles. The summed E-state index contributed by atoms with van der Waals surface area (Å²) in [6.07, 6.45) is 7.52. The largest absolute Gasteiger partial charge is 0.480 e. The van der Waals surface area contributed by atoms with Crippen LogP contribution in [0.2, 0.25) is 0 Å². The molecule has 0 radical (unpaired) electrons. The van der Waals surface area contributed by atoms with Crippen LogP contribution in [0.25, 0.3) is 17.1 Å². The zero-order valence-corrected chi connectivity index (χ0v) is 12.2. The van der Waals surface area contributed by atoms with Gasteiger partial charge in [-0.15, -0.1) is 0 Å². The van der Waals surface area contributed by atoms with Gasteiger partial charge in [0.15, 0.2) is 11.6 Å². The van der Waals surface area contributed by atoms with Crippen LogP contribution in [0.1, 0.15) is 24.6 Å². The Labute approximate surface area is 127 Å². The van der Waals surface area contributed by atoms with E-state index in [2.05, 4.69) is 15.1 Å². The summed E-state index contributed by atoms with van der Waals surface area (Å²) in [5.74, 6) is 2.66. The minimum absolute atomic E-state index is 0.476. The highest BCUT2D eigenvalue weighted by molar-refractivity contribution is 5.63. The van der Waals surface area contributed by atoms with Crippen molar-refractivity contribution in [2.45, 2.75) is 18.8 Å². The number of methoxy groups -OCH3 is 1. The van der Waals surface area contributed by atoms with Crippen molar-refractivity contribution in [1.29, 1.82) is 0 Å². The maximum atomic E-state index is 5.37. The number of rotatable bonds is 4. The Hall–Kier alpha value is -2.76. The van der Waals surface area contributed by atoms with Gasteiger partial charge >= 0.3 is 0 Å². The molecule has 0 bridgehead atoms. The Balaban J connectivity index is 1.90. The molecule has 0 N–H and O–H groups in total. The topological polar surface area (TPSA) is 65.7 Å². The number of nitrogens with zero attached hydrogens (tertiary/aromatic N) is 5. The lowest BCUT2D eigenvalue weighted by molar-refractivity contribution is 0.399. The van der Waals surface area contributed by atoms with E-state index in [1.165, 1.54) is 0 Å². The Morgan fingerprint density at radius 2 is 1.95 bits per heavy atom. The van der Waals surface area contributed by atoms with Crippen LogP contribution in [0.15, 0.2) is 42.9 Å². The maximum absolute atomic E-state index is 5.37. The first kappa shape index (κ1) is 12.9. The van der Waals surface area contributed by atoms with E-state index in [0.717, 1.165) is 35.7 Å². The van der Waals surface area contributed by atoms with Crippen LogP contribution < -0.4 is 4.74 Å². The van der Waals surface area contributed by atoms with Gasteiger partial charge in [-0.3, -0.25) is 4.98 Å².